The van der Waals surface area contributed by atoms with Gasteiger partial charge in [-0.3, -0.25) is 0 Å². The summed E-state index contributed by atoms with van der Waals surface area (Å²) in [4.78, 5) is 0. The van der Waals surface area contributed by atoms with Gasteiger partial charge in [0.25, 0.3) is 0 Å². The van der Waals surface area contributed by atoms with Gasteiger partial charge < -0.3 is 15.2 Å². The molecule has 0 fully saturated rings. The van der Waals surface area contributed by atoms with E-state index in [4.69, 9.17) is 15.2 Å². The van der Waals surface area contributed by atoms with Gasteiger partial charge in [-0.1, -0.05) is 24.3 Å². The smallest absolute Gasteiger partial charge is 0.165 e. The van der Waals surface area contributed by atoms with Crippen molar-refractivity contribution in [2.24, 2.45) is 5.73 Å². The van der Waals surface area contributed by atoms with Gasteiger partial charge in [-0.25, -0.2) is 4.39 Å². The van der Waals surface area contributed by atoms with Crippen LogP contribution in [0, 0.1) is 5.82 Å². The molecule has 4 heteroatoms. The topological polar surface area (TPSA) is 44.5 Å². The van der Waals surface area contributed by atoms with Crippen molar-refractivity contribution in [1.82, 2.24) is 0 Å². The molecule has 3 nitrogen and oxygen atoms in total. The van der Waals surface area contributed by atoms with Crippen LogP contribution in [0.3, 0.4) is 0 Å². The fourth-order valence-electron chi connectivity index (χ4n) is 1.75. The Kier molecular flexibility index (Phi) is 4.96. The van der Waals surface area contributed by atoms with Crippen LogP contribution in [0.4, 0.5) is 4.39 Å². The lowest BCUT2D eigenvalue weighted by Gasteiger charge is -2.11. The van der Waals surface area contributed by atoms with Gasteiger partial charge in [-0.05, 0) is 36.8 Å². The predicted octanol–water partition coefficient (Wildman–Crippen LogP) is 3.30. The highest BCUT2D eigenvalue weighted by molar-refractivity contribution is 5.30. The van der Waals surface area contributed by atoms with Gasteiger partial charge in [0.05, 0.1) is 0 Å². The van der Waals surface area contributed by atoms with E-state index < -0.39 is 5.82 Å². The van der Waals surface area contributed by atoms with Gasteiger partial charge in [0.15, 0.2) is 11.6 Å². The molecule has 0 saturated carbocycles. The average Bonchev–Trinajstić information content (AvgIpc) is 2.46. The lowest BCUT2D eigenvalue weighted by molar-refractivity contribution is 0.211. The number of ether oxygens (including phenoxy) is 2. The molecule has 106 valence electrons. The van der Waals surface area contributed by atoms with Crippen LogP contribution in [0.5, 0.6) is 11.5 Å². The molecule has 0 radical (unpaired) electrons. The molecular formula is C16H18FNO2. The van der Waals surface area contributed by atoms with E-state index in [1.165, 1.54) is 6.07 Å². The van der Waals surface area contributed by atoms with Crippen molar-refractivity contribution in [1.29, 1.82) is 0 Å². The first-order chi connectivity index (χ1) is 9.66. The van der Waals surface area contributed by atoms with E-state index in [2.05, 4.69) is 0 Å². The molecular weight excluding hydrogens is 257 g/mol. The molecule has 0 amide bonds. The van der Waals surface area contributed by atoms with E-state index in [1.807, 2.05) is 37.3 Å². The number of nitrogens with two attached hydrogens (primary N) is 1. The molecule has 2 N–H and O–H groups in total. The average molecular weight is 275 g/mol. The number of para-hydroxylation sites is 1. The molecule has 1 unspecified atom stereocenters. The van der Waals surface area contributed by atoms with Crippen LogP contribution in [0.15, 0.2) is 48.5 Å². The van der Waals surface area contributed by atoms with Gasteiger partial charge in [-0.15, -0.1) is 0 Å². The first kappa shape index (κ1) is 14.3. The Morgan fingerprint density at radius 1 is 1.05 bits per heavy atom. The molecule has 2 aromatic rings. The van der Waals surface area contributed by atoms with Gasteiger partial charge in [-0.2, -0.15) is 0 Å². The van der Waals surface area contributed by atoms with Crippen molar-refractivity contribution < 1.29 is 13.9 Å². The van der Waals surface area contributed by atoms with Crippen LogP contribution < -0.4 is 15.2 Å². The molecule has 2 rings (SSSR count). The molecule has 2 aromatic carbocycles. The summed E-state index contributed by atoms with van der Waals surface area (Å²) >= 11 is 0. The Labute approximate surface area is 118 Å². The van der Waals surface area contributed by atoms with E-state index in [9.17, 15) is 4.39 Å². The highest BCUT2D eigenvalue weighted by Gasteiger charge is 2.07. The van der Waals surface area contributed by atoms with Crippen LogP contribution >= 0.6 is 0 Å². The van der Waals surface area contributed by atoms with Crippen LogP contribution in [0.1, 0.15) is 18.5 Å². The Balaban J connectivity index is 1.82. The van der Waals surface area contributed by atoms with Crippen molar-refractivity contribution >= 4 is 0 Å². The maximum Gasteiger partial charge on any atom is 0.165 e. The Bertz CT molecular complexity index is 543. The van der Waals surface area contributed by atoms with Crippen LogP contribution in [-0.2, 0) is 0 Å². The summed E-state index contributed by atoms with van der Waals surface area (Å²) in [6, 6.07) is 14.0. The zero-order valence-electron chi connectivity index (χ0n) is 11.4. The second-order valence-electron chi connectivity index (χ2n) is 4.49. The molecule has 0 aliphatic rings. The lowest BCUT2D eigenvalue weighted by atomic mass is 10.1. The van der Waals surface area contributed by atoms with Crippen molar-refractivity contribution in [3.8, 4) is 11.5 Å². The Morgan fingerprint density at radius 2 is 1.75 bits per heavy atom. The highest BCUT2D eigenvalue weighted by atomic mass is 19.1. The number of rotatable bonds is 6. The monoisotopic (exact) mass is 275 g/mol. The molecule has 0 saturated heterocycles. The summed E-state index contributed by atoms with van der Waals surface area (Å²) in [7, 11) is 0. The number of benzene rings is 2. The summed E-state index contributed by atoms with van der Waals surface area (Å²) < 4.78 is 24.6. The van der Waals surface area contributed by atoms with Gasteiger partial charge in [0, 0.05) is 6.04 Å². The van der Waals surface area contributed by atoms with Gasteiger partial charge >= 0.3 is 0 Å². The lowest BCUT2D eigenvalue weighted by Crippen LogP contribution is -2.10. The third-order valence-electron chi connectivity index (χ3n) is 2.83. The van der Waals surface area contributed by atoms with Gasteiger partial charge in [0.2, 0.25) is 0 Å². The van der Waals surface area contributed by atoms with Crippen molar-refractivity contribution in [2.45, 2.75) is 13.0 Å². The van der Waals surface area contributed by atoms with E-state index in [0.29, 0.717) is 6.61 Å². The molecule has 0 bridgehead atoms. The predicted molar refractivity (Wildman–Crippen MR) is 76.4 cm³/mol. The van der Waals surface area contributed by atoms with Crippen LogP contribution in [0.2, 0.25) is 0 Å². The fourth-order valence-corrected chi connectivity index (χ4v) is 1.75. The SMILES string of the molecule is CC(N)c1ccc(OCCOc2ccccc2)c(F)c1. The fraction of sp³-hybridized carbons (Fsp3) is 0.250. The third-order valence-corrected chi connectivity index (χ3v) is 2.83. The molecule has 0 spiro atoms. The summed E-state index contributed by atoms with van der Waals surface area (Å²) in [5.41, 5.74) is 6.44. The standard InChI is InChI=1S/C16H18FNO2/c1-12(18)13-7-8-16(15(17)11-13)20-10-9-19-14-5-3-2-4-6-14/h2-8,11-12H,9-10,18H2,1H3. The molecule has 0 aliphatic carbocycles. The van der Waals surface area contributed by atoms with Crippen LogP contribution in [0.25, 0.3) is 0 Å². The number of hydrogen-bond acceptors (Lipinski definition) is 3. The van der Waals surface area contributed by atoms with E-state index in [1.54, 1.807) is 12.1 Å². The molecule has 20 heavy (non-hydrogen) atoms. The largest absolute Gasteiger partial charge is 0.490 e. The zero-order valence-corrected chi connectivity index (χ0v) is 11.4. The number of hydrogen-bond donors (Lipinski definition) is 1. The minimum absolute atomic E-state index is 0.194. The molecule has 0 heterocycles. The third kappa shape index (κ3) is 3.96. The molecule has 0 aliphatic heterocycles. The maximum absolute atomic E-state index is 13.7. The minimum atomic E-state index is -0.403. The first-order valence-electron chi connectivity index (χ1n) is 6.52. The second kappa shape index (κ2) is 6.91. The summed E-state index contributed by atoms with van der Waals surface area (Å²) in [5, 5.41) is 0. The Hall–Kier alpha value is -2.07. The van der Waals surface area contributed by atoms with E-state index in [-0.39, 0.29) is 18.4 Å². The molecule has 0 aromatic heterocycles. The summed E-state index contributed by atoms with van der Waals surface area (Å²) in [5.74, 6) is 0.578. The minimum Gasteiger partial charge on any atom is -0.490 e. The van der Waals surface area contributed by atoms with Crippen LogP contribution in [-0.4, -0.2) is 13.2 Å². The summed E-state index contributed by atoms with van der Waals surface area (Å²) in [6.07, 6.45) is 0. The quantitative estimate of drug-likeness (QED) is 0.823. The first-order valence-corrected chi connectivity index (χ1v) is 6.52. The summed E-state index contributed by atoms with van der Waals surface area (Å²) in [6.45, 7) is 2.45. The van der Waals surface area contributed by atoms with E-state index >= 15 is 0 Å². The maximum atomic E-state index is 13.7. The zero-order chi connectivity index (χ0) is 14.4. The van der Waals surface area contributed by atoms with Crippen molar-refractivity contribution in [3.63, 3.8) is 0 Å². The molecule has 1 atom stereocenters. The van der Waals surface area contributed by atoms with Crippen molar-refractivity contribution in [2.75, 3.05) is 13.2 Å². The van der Waals surface area contributed by atoms with Gasteiger partial charge in [0.1, 0.15) is 19.0 Å². The van der Waals surface area contributed by atoms with E-state index in [0.717, 1.165) is 11.3 Å². The second-order valence-corrected chi connectivity index (χ2v) is 4.49. The highest BCUT2D eigenvalue weighted by Crippen LogP contribution is 2.21. The van der Waals surface area contributed by atoms with Crippen molar-refractivity contribution in [3.05, 3.63) is 59.9 Å². The normalized spacial score (nSPS) is 11.9. The number of halogens is 1. The Morgan fingerprint density at radius 3 is 2.40 bits per heavy atom.